The third kappa shape index (κ3) is 3.64. The fraction of sp³-hybridized carbons (Fsp3) is 0.643. The van der Waals surface area contributed by atoms with Crippen molar-refractivity contribution < 1.29 is 9.13 Å². The topological polar surface area (TPSA) is 37.4 Å². The summed E-state index contributed by atoms with van der Waals surface area (Å²) in [6, 6.07) is 1.72. The van der Waals surface area contributed by atoms with Gasteiger partial charge in [-0.3, -0.25) is 0 Å². The van der Waals surface area contributed by atoms with Crippen LogP contribution in [0.15, 0.2) is 12.3 Å². The molecule has 2 heterocycles. The van der Waals surface area contributed by atoms with Crippen LogP contribution in [0.25, 0.3) is 0 Å². The fourth-order valence-corrected chi connectivity index (χ4v) is 2.47. The normalized spacial score (nSPS) is 16.6. The maximum atomic E-state index is 14.3. The lowest BCUT2D eigenvalue weighted by atomic mass is 10.00. The zero-order chi connectivity index (χ0) is 13.7. The van der Waals surface area contributed by atoms with E-state index in [1.165, 1.54) is 0 Å². The van der Waals surface area contributed by atoms with Gasteiger partial charge in [0.1, 0.15) is 0 Å². The monoisotopic (exact) mass is 267 g/mol. The van der Waals surface area contributed by atoms with E-state index in [0.29, 0.717) is 23.8 Å². The highest BCUT2D eigenvalue weighted by atomic mass is 19.1. The van der Waals surface area contributed by atoms with Crippen molar-refractivity contribution in [2.75, 3.05) is 38.8 Å². The second-order valence-corrected chi connectivity index (χ2v) is 5.07. The van der Waals surface area contributed by atoms with Gasteiger partial charge in [0, 0.05) is 45.1 Å². The first-order valence-corrected chi connectivity index (χ1v) is 6.79. The van der Waals surface area contributed by atoms with Gasteiger partial charge in [-0.1, -0.05) is 0 Å². The average molecular weight is 267 g/mol. The zero-order valence-corrected chi connectivity index (χ0v) is 11.7. The number of aromatic nitrogens is 1. The van der Waals surface area contributed by atoms with Gasteiger partial charge in [-0.05, 0) is 31.9 Å². The summed E-state index contributed by atoms with van der Waals surface area (Å²) < 4.78 is 19.6. The molecule has 0 aliphatic carbocycles. The molecule has 0 unspecified atom stereocenters. The molecule has 0 spiro atoms. The molecule has 1 saturated heterocycles. The van der Waals surface area contributed by atoms with Crippen molar-refractivity contribution >= 4 is 5.82 Å². The molecule has 0 amide bonds. The highest BCUT2D eigenvalue weighted by Crippen LogP contribution is 2.22. The fourth-order valence-electron chi connectivity index (χ4n) is 2.47. The van der Waals surface area contributed by atoms with Crippen molar-refractivity contribution in [3.63, 3.8) is 0 Å². The summed E-state index contributed by atoms with van der Waals surface area (Å²) in [7, 11) is 3.72. The number of nitrogens with one attached hydrogen (secondary N) is 1. The Morgan fingerprint density at radius 3 is 2.89 bits per heavy atom. The van der Waals surface area contributed by atoms with Crippen molar-refractivity contribution in [1.29, 1.82) is 0 Å². The van der Waals surface area contributed by atoms with Crippen molar-refractivity contribution in [2.24, 2.45) is 5.92 Å². The van der Waals surface area contributed by atoms with Crippen LogP contribution >= 0.6 is 0 Å². The molecule has 0 atom stereocenters. The van der Waals surface area contributed by atoms with Crippen LogP contribution in [0, 0.1) is 11.7 Å². The van der Waals surface area contributed by atoms with Gasteiger partial charge < -0.3 is 15.0 Å². The molecule has 19 heavy (non-hydrogen) atoms. The van der Waals surface area contributed by atoms with E-state index in [1.807, 2.05) is 19.0 Å². The number of anilines is 1. The first kappa shape index (κ1) is 14.2. The summed E-state index contributed by atoms with van der Waals surface area (Å²) in [6.45, 7) is 2.98. The molecular weight excluding hydrogens is 245 g/mol. The second-order valence-electron chi connectivity index (χ2n) is 5.07. The molecule has 0 aromatic carbocycles. The number of nitrogens with zero attached hydrogens (tertiary/aromatic N) is 2. The van der Waals surface area contributed by atoms with E-state index in [1.54, 1.807) is 12.3 Å². The van der Waals surface area contributed by atoms with E-state index >= 15 is 0 Å². The smallest absolute Gasteiger partial charge is 0.170 e. The molecule has 1 aromatic heterocycles. The van der Waals surface area contributed by atoms with Gasteiger partial charge in [0.05, 0.1) is 0 Å². The van der Waals surface area contributed by atoms with Crippen LogP contribution < -0.4 is 10.2 Å². The minimum atomic E-state index is -0.216. The molecule has 2 rings (SSSR count). The van der Waals surface area contributed by atoms with Crippen LogP contribution in [0.2, 0.25) is 0 Å². The number of rotatable bonds is 5. The predicted octanol–water partition coefficient (Wildman–Crippen LogP) is 1.80. The molecule has 1 N–H and O–H groups in total. The maximum Gasteiger partial charge on any atom is 0.170 e. The maximum absolute atomic E-state index is 14.3. The van der Waals surface area contributed by atoms with Crippen LogP contribution in [-0.4, -0.2) is 38.8 Å². The van der Waals surface area contributed by atoms with Gasteiger partial charge >= 0.3 is 0 Å². The zero-order valence-electron chi connectivity index (χ0n) is 11.7. The summed E-state index contributed by atoms with van der Waals surface area (Å²) >= 11 is 0. The largest absolute Gasteiger partial charge is 0.381 e. The van der Waals surface area contributed by atoms with Crippen molar-refractivity contribution in [3.05, 3.63) is 23.6 Å². The third-order valence-electron chi connectivity index (χ3n) is 3.55. The van der Waals surface area contributed by atoms with Crippen LogP contribution in [0.1, 0.15) is 18.4 Å². The number of halogens is 1. The first-order valence-electron chi connectivity index (χ1n) is 6.79. The molecule has 0 bridgehead atoms. The lowest BCUT2D eigenvalue weighted by molar-refractivity contribution is 0.0684. The molecule has 4 nitrogen and oxygen atoms in total. The van der Waals surface area contributed by atoms with E-state index < -0.39 is 0 Å². The molecular formula is C14H22FN3O. The van der Waals surface area contributed by atoms with Gasteiger partial charge in [0.15, 0.2) is 11.6 Å². The van der Waals surface area contributed by atoms with Crippen LogP contribution in [0.4, 0.5) is 10.2 Å². The van der Waals surface area contributed by atoms with E-state index in [2.05, 4.69) is 10.3 Å². The molecule has 0 saturated carbocycles. The lowest BCUT2D eigenvalue weighted by Gasteiger charge is -2.28. The highest BCUT2D eigenvalue weighted by Gasteiger charge is 2.19. The standard InChI is InChI=1S/C14H22FN3O/c1-16-9-12-3-6-17-14(13(12)15)18(2)10-11-4-7-19-8-5-11/h3,6,11,16H,4-5,7-10H2,1-2H3. The molecule has 1 aliphatic rings. The molecule has 5 heteroatoms. The number of ether oxygens (including phenoxy) is 1. The van der Waals surface area contributed by atoms with Crippen LogP contribution in [-0.2, 0) is 11.3 Å². The summed E-state index contributed by atoms with van der Waals surface area (Å²) in [5, 5.41) is 2.97. The Hall–Kier alpha value is -1.20. The van der Waals surface area contributed by atoms with Gasteiger partial charge in [0.2, 0.25) is 0 Å². The van der Waals surface area contributed by atoms with Crippen molar-refractivity contribution in [3.8, 4) is 0 Å². The van der Waals surface area contributed by atoms with Crippen LogP contribution in [0.5, 0.6) is 0 Å². The van der Waals surface area contributed by atoms with E-state index in [-0.39, 0.29) is 5.82 Å². The number of pyridine rings is 1. The van der Waals surface area contributed by atoms with Crippen molar-refractivity contribution in [2.45, 2.75) is 19.4 Å². The Kier molecular flexibility index (Phi) is 5.10. The van der Waals surface area contributed by atoms with Gasteiger partial charge in [-0.25, -0.2) is 9.37 Å². The summed E-state index contributed by atoms with van der Waals surface area (Å²) in [6.07, 6.45) is 3.76. The number of hydrogen-bond acceptors (Lipinski definition) is 4. The second kappa shape index (κ2) is 6.82. The first-order chi connectivity index (χ1) is 9.22. The van der Waals surface area contributed by atoms with E-state index in [4.69, 9.17) is 4.74 Å². The Morgan fingerprint density at radius 2 is 2.21 bits per heavy atom. The Balaban J connectivity index is 2.05. The third-order valence-corrected chi connectivity index (χ3v) is 3.55. The Bertz CT molecular complexity index is 408. The SMILES string of the molecule is CNCc1ccnc(N(C)CC2CCOCC2)c1F. The van der Waals surface area contributed by atoms with E-state index in [9.17, 15) is 4.39 Å². The predicted molar refractivity (Wildman–Crippen MR) is 73.8 cm³/mol. The lowest BCUT2D eigenvalue weighted by Crippen LogP contribution is -2.31. The van der Waals surface area contributed by atoms with Gasteiger partial charge in [0.25, 0.3) is 0 Å². The highest BCUT2D eigenvalue weighted by molar-refractivity contribution is 5.42. The summed E-state index contributed by atoms with van der Waals surface area (Å²) in [5.74, 6) is 0.790. The Morgan fingerprint density at radius 1 is 1.47 bits per heavy atom. The quantitative estimate of drug-likeness (QED) is 0.883. The van der Waals surface area contributed by atoms with Gasteiger partial charge in [-0.2, -0.15) is 0 Å². The molecule has 1 aromatic rings. The van der Waals surface area contributed by atoms with Gasteiger partial charge in [-0.15, -0.1) is 0 Å². The molecule has 106 valence electrons. The molecule has 1 fully saturated rings. The summed E-state index contributed by atoms with van der Waals surface area (Å²) in [5.41, 5.74) is 0.659. The summed E-state index contributed by atoms with van der Waals surface area (Å²) in [4.78, 5) is 6.10. The molecule has 0 radical (unpaired) electrons. The average Bonchev–Trinajstić information content (AvgIpc) is 2.42. The Labute approximate surface area is 114 Å². The molecule has 1 aliphatic heterocycles. The van der Waals surface area contributed by atoms with Crippen LogP contribution in [0.3, 0.4) is 0 Å². The van der Waals surface area contributed by atoms with Crippen molar-refractivity contribution in [1.82, 2.24) is 10.3 Å². The minimum Gasteiger partial charge on any atom is -0.381 e. The van der Waals surface area contributed by atoms with E-state index in [0.717, 1.165) is 32.6 Å². The minimum absolute atomic E-state index is 0.216. The number of hydrogen-bond donors (Lipinski definition) is 1.